The number of pyridine rings is 1. The predicted octanol–water partition coefficient (Wildman–Crippen LogP) is 2.72. The van der Waals surface area contributed by atoms with E-state index in [0.29, 0.717) is 19.0 Å². The summed E-state index contributed by atoms with van der Waals surface area (Å²) in [6, 6.07) is 16.1. The van der Waals surface area contributed by atoms with Crippen molar-refractivity contribution in [3.63, 3.8) is 0 Å². The van der Waals surface area contributed by atoms with Gasteiger partial charge in [-0.2, -0.15) is 0 Å². The molecule has 1 aromatic carbocycles. The van der Waals surface area contributed by atoms with Crippen molar-refractivity contribution in [2.75, 3.05) is 37.2 Å². The smallest absolute Gasteiger partial charge is 0.280 e. The SMILES string of the molecule is NC(=NCC1CCN(CCc2ccccc2)CC1)NC(=O)c1nc(Cl)c(NCc2ccccn2)nc1N. The molecular weight excluding hydrogens is 490 g/mol. The molecule has 0 aliphatic carbocycles. The highest BCUT2D eigenvalue weighted by atomic mass is 35.5. The summed E-state index contributed by atoms with van der Waals surface area (Å²) in [5.41, 5.74) is 14.0. The molecule has 0 radical (unpaired) electrons. The number of hydrogen-bond donors (Lipinski definition) is 4. The molecule has 1 aliphatic rings. The summed E-state index contributed by atoms with van der Waals surface area (Å²) in [5.74, 6) is 0.0257. The second kappa shape index (κ2) is 13.0. The number of halogens is 1. The van der Waals surface area contributed by atoms with Crippen molar-refractivity contribution in [2.24, 2.45) is 16.6 Å². The number of rotatable bonds is 9. The molecule has 0 spiro atoms. The molecule has 3 heterocycles. The lowest BCUT2D eigenvalue weighted by molar-refractivity contribution is 0.0972. The Hall–Kier alpha value is -3.76. The third-order valence-corrected chi connectivity index (χ3v) is 6.55. The van der Waals surface area contributed by atoms with Crippen molar-refractivity contribution in [3.05, 3.63) is 76.8 Å². The molecule has 4 rings (SSSR count). The largest absolute Gasteiger partial charge is 0.382 e. The number of hydrogen-bond acceptors (Lipinski definition) is 8. The number of likely N-dealkylation sites (tertiary alicyclic amines) is 1. The van der Waals surface area contributed by atoms with E-state index in [0.717, 1.165) is 44.6 Å². The molecule has 3 aromatic rings. The molecule has 11 heteroatoms. The predicted molar refractivity (Wildman–Crippen MR) is 146 cm³/mol. The molecule has 2 aromatic heterocycles. The minimum Gasteiger partial charge on any atom is -0.382 e. The summed E-state index contributed by atoms with van der Waals surface area (Å²) >= 11 is 6.22. The summed E-state index contributed by atoms with van der Waals surface area (Å²) in [6.07, 6.45) is 4.83. The number of nitrogen functional groups attached to an aromatic ring is 1. The van der Waals surface area contributed by atoms with Crippen LogP contribution >= 0.6 is 11.6 Å². The van der Waals surface area contributed by atoms with E-state index >= 15 is 0 Å². The third-order valence-electron chi connectivity index (χ3n) is 6.29. The molecule has 0 atom stereocenters. The molecule has 0 saturated carbocycles. The number of guanidine groups is 1. The summed E-state index contributed by atoms with van der Waals surface area (Å²) in [7, 11) is 0. The van der Waals surface area contributed by atoms with Gasteiger partial charge in [0, 0.05) is 19.3 Å². The Morgan fingerprint density at radius 3 is 2.59 bits per heavy atom. The fraction of sp³-hybridized carbons (Fsp3) is 0.346. The van der Waals surface area contributed by atoms with Crippen LogP contribution in [0.4, 0.5) is 11.6 Å². The van der Waals surface area contributed by atoms with Gasteiger partial charge in [-0.1, -0.05) is 48.0 Å². The summed E-state index contributed by atoms with van der Waals surface area (Å²) in [4.78, 5) is 32.0. The van der Waals surface area contributed by atoms with Gasteiger partial charge >= 0.3 is 0 Å². The van der Waals surface area contributed by atoms with Crippen LogP contribution in [0.5, 0.6) is 0 Å². The van der Waals surface area contributed by atoms with Crippen LogP contribution < -0.4 is 22.1 Å². The van der Waals surface area contributed by atoms with Crippen LogP contribution in [-0.2, 0) is 13.0 Å². The van der Waals surface area contributed by atoms with Crippen molar-refractivity contribution in [2.45, 2.75) is 25.8 Å². The molecule has 1 amide bonds. The van der Waals surface area contributed by atoms with Crippen molar-refractivity contribution in [1.82, 2.24) is 25.2 Å². The van der Waals surface area contributed by atoms with Crippen LogP contribution in [0.3, 0.4) is 0 Å². The third kappa shape index (κ3) is 7.86. The van der Waals surface area contributed by atoms with Crippen LogP contribution in [-0.4, -0.2) is 57.9 Å². The van der Waals surface area contributed by atoms with Gasteiger partial charge in [0.1, 0.15) is 0 Å². The van der Waals surface area contributed by atoms with Crippen LogP contribution in [0.15, 0.2) is 59.7 Å². The first-order valence-corrected chi connectivity index (χ1v) is 12.7. The Bertz CT molecular complexity index is 1200. The van der Waals surface area contributed by atoms with Crippen LogP contribution in [0.2, 0.25) is 5.15 Å². The Balaban J connectivity index is 1.23. The number of benzene rings is 1. The average molecular weight is 522 g/mol. The zero-order valence-corrected chi connectivity index (χ0v) is 21.4. The van der Waals surface area contributed by atoms with Crippen LogP contribution in [0, 0.1) is 5.92 Å². The second-order valence-corrected chi connectivity index (χ2v) is 9.33. The van der Waals surface area contributed by atoms with Gasteiger partial charge in [-0.3, -0.25) is 20.1 Å². The van der Waals surface area contributed by atoms with Gasteiger partial charge in [-0.15, -0.1) is 0 Å². The minimum atomic E-state index is -0.611. The lowest BCUT2D eigenvalue weighted by atomic mass is 9.96. The number of anilines is 2. The van der Waals surface area contributed by atoms with Crippen LogP contribution in [0.25, 0.3) is 0 Å². The monoisotopic (exact) mass is 521 g/mol. The van der Waals surface area contributed by atoms with E-state index in [-0.39, 0.29) is 28.4 Å². The first-order valence-electron chi connectivity index (χ1n) is 12.3. The van der Waals surface area contributed by atoms with E-state index in [2.05, 4.69) is 59.7 Å². The van der Waals surface area contributed by atoms with E-state index in [1.807, 2.05) is 24.3 Å². The van der Waals surface area contributed by atoms with Gasteiger partial charge in [0.25, 0.3) is 5.91 Å². The van der Waals surface area contributed by atoms with E-state index in [9.17, 15) is 4.79 Å². The molecular formula is C26H32ClN9O. The molecule has 1 aliphatic heterocycles. The van der Waals surface area contributed by atoms with Crippen molar-refractivity contribution in [1.29, 1.82) is 0 Å². The number of aliphatic imine (C=N–C) groups is 1. The highest BCUT2D eigenvalue weighted by Gasteiger charge is 2.20. The van der Waals surface area contributed by atoms with E-state index in [1.165, 1.54) is 5.56 Å². The number of carbonyl (C=O) groups is 1. The molecule has 37 heavy (non-hydrogen) atoms. The van der Waals surface area contributed by atoms with Gasteiger partial charge in [0.2, 0.25) is 0 Å². The molecule has 194 valence electrons. The number of carbonyl (C=O) groups excluding carboxylic acids is 1. The van der Waals surface area contributed by atoms with Crippen molar-refractivity contribution < 1.29 is 4.79 Å². The highest BCUT2D eigenvalue weighted by molar-refractivity contribution is 6.32. The highest BCUT2D eigenvalue weighted by Crippen LogP contribution is 2.21. The number of amides is 1. The first kappa shape index (κ1) is 26.3. The van der Waals surface area contributed by atoms with E-state index < -0.39 is 5.91 Å². The average Bonchev–Trinajstić information content (AvgIpc) is 2.92. The molecule has 1 saturated heterocycles. The second-order valence-electron chi connectivity index (χ2n) is 8.97. The van der Waals surface area contributed by atoms with Gasteiger partial charge in [0.05, 0.1) is 12.2 Å². The van der Waals surface area contributed by atoms with Crippen molar-refractivity contribution >= 4 is 35.1 Å². The van der Waals surface area contributed by atoms with Gasteiger partial charge in [-0.05, 0) is 56.0 Å². The Morgan fingerprint density at radius 1 is 1.11 bits per heavy atom. The molecule has 1 fully saturated rings. The maximum Gasteiger partial charge on any atom is 0.280 e. The van der Waals surface area contributed by atoms with Crippen molar-refractivity contribution in [3.8, 4) is 0 Å². The normalized spacial score (nSPS) is 14.9. The summed E-state index contributed by atoms with van der Waals surface area (Å²) in [6.45, 7) is 4.05. The fourth-order valence-electron chi connectivity index (χ4n) is 4.15. The summed E-state index contributed by atoms with van der Waals surface area (Å²) < 4.78 is 0. The topological polar surface area (TPSA) is 147 Å². The lowest BCUT2D eigenvalue weighted by Gasteiger charge is -2.31. The molecule has 0 unspecified atom stereocenters. The minimum absolute atomic E-state index is 0.0183. The zero-order valence-electron chi connectivity index (χ0n) is 20.6. The maximum atomic E-state index is 12.7. The Labute approximate surface area is 221 Å². The maximum absolute atomic E-state index is 12.7. The standard InChI is InChI=1S/C26H32ClN9O/c27-22-24(31-17-20-8-4-5-12-30-20)34-23(28)21(33-22)25(37)35-26(29)32-16-19-10-14-36(15-11-19)13-9-18-6-2-1-3-7-18/h1-8,12,19H,9-11,13-17H2,(H3,28,31,34)(H3,29,32,35,37). The lowest BCUT2D eigenvalue weighted by Crippen LogP contribution is -2.39. The van der Waals surface area contributed by atoms with Gasteiger partial charge in [-0.25, -0.2) is 9.97 Å². The molecule has 6 N–H and O–H groups in total. The number of nitrogens with two attached hydrogens (primary N) is 2. The Morgan fingerprint density at radius 2 is 1.86 bits per heavy atom. The zero-order chi connectivity index (χ0) is 26.0. The Kier molecular flexibility index (Phi) is 9.23. The number of nitrogens with zero attached hydrogens (tertiary/aromatic N) is 5. The van der Waals surface area contributed by atoms with Crippen LogP contribution in [0.1, 0.15) is 34.6 Å². The van der Waals surface area contributed by atoms with Gasteiger partial charge < -0.3 is 21.7 Å². The summed E-state index contributed by atoms with van der Waals surface area (Å²) in [5, 5.41) is 5.57. The first-order chi connectivity index (χ1) is 18.0. The molecule has 10 nitrogen and oxygen atoms in total. The number of aromatic nitrogens is 3. The van der Waals surface area contributed by atoms with Gasteiger partial charge in [0.15, 0.2) is 28.4 Å². The molecule has 0 bridgehead atoms. The number of piperidine rings is 1. The van der Waals surface area contributed by atoms with E-state index in [4.69, 9.17) is 23.1 Å². The fourth-order valence-corrected chi connectivity index (χ4v) is 4.35. The van der Waals surface area contributed by atoms with E-state index in [1.54, 1.807) is 6.20 Å². The quantitative estimate of drug-likeness (QED) is 0.248. The number of nitrogens with one attached hydrogen (secondary N) is 2.